The zero-order valence-corrected chi connectivity index (χ0v) is 12.3. The van der Waals surface area contributed by atoms with Gasteiger partial charge in [-0.25, -0.2) is 13.1 Å². The fourth-order valence-corrected chi connectivity index (χ4v) is 2.46. The Morgan fingerprint density at radius 3 is 2.68 bits per heavy atom. The van der Waals surface area contributed by atoms with Crippen molar-refractivity contribution in [3.8, 4) is 0 Å². The maximum Gasteiger partial charge on any atom is 0.240 e. The molecule has 0 heterocycles. The van der Waals surface area contributed by atoms with Gasteiger partial charge in [0.2, 0.25) is 10.0 Å². The van der Waals surface area contributed by atoms with Gasteiger partial charge in [0.25, 0.3) is 0 Å². The van der Waals surface area contributed by atoms with E-state index in [1.807, 2.05) is 11.9 Å². The fourth-order valence-electron chi connectivity index (χ4n) is 1.71. The molecule has 0 aliphatic carbocycles. The van der Waals surface area contributed by atoms with Crippen LogP contribution in [0.25, 0.3) is 0 Å². The summed E-state index contributed by atoms with van der Waals surface area (Å²) in [5.74, 6) is 0. The van der Waals surface area contributed by atoms with E-state index in [0.29, 0.717) is 18.0 Å². The number of benzene rings is 1. The third-order valence-corrected chi connectivity index (χ3v) is 4.25. The van der Waals surface area contributed by atoms with Gasteiger partial charge < -0.3 is 15.4 Å². The molecule has 0 bridgehead atoms. The van der Waals surface area contributed by atoms with Gasteiger partial charge in [-0.3, -0.25) is 0 Å². The number of rotatable bonds is 7. The summed E-state index contributed by atoms with van der Waals surface area (Å²) in [5.41, 5.74) is 7.14. The minimum Gasteiger partial charge on any atom is -0.397 e. The molecular weight excluding hydrogens is 266 g/mol. The molecule has 1 aromatic carbocycles. The maximum atomic E-state index is 11.8. The summed E-state index contributed by atoms with van der Waals surface area (Å²) in [6.07, 6.45) is 0.843. The van der Waals surface area contributed by atoms with Crippen LogP contribution in [-0.4, -0.2) is 42.8 Å². The van der Waals surface area contributed by atoms with Crippen molar-refractivity contribution in [3.05, 3.63) is 18.2 Å². The van der Waals surface area contributed by atoms with Gasteiger partial charge >= 0.3 is 0 Å². The lowest BCUT2D eigenvalue weighted by Gasteiger charge is -2.21. The van der Waals surface area contributed by atoms with E-state index in [-0.39, 0.29) is 4.90 Å². The van der Waals surface area contributed by atoms with Gasteiger partial charge in [0.1, 0.15) is 0 Å². The van der Waals surface area contributed by atoms with Crippen LogP contribution in [0, 0.1) is 0 Å². The van der Waals surface area contributed by atoms with Crippen LogP contribution in [-0.2, 0) is 14.8 Å². The predicted octanol–water partition coefficient (Wildman–Crippen LogP) is 0.650. The van der Waals surface area contributed by atoms with E-state index in [4.69, 9.17) is 10.5 Å². The molecule has 19 heavy (non-hydrogen) atoms. The third-order valence-electron chi connectivity index (χ3n) is 2.83. The second-order valence-corrected chi connectivity index (χ2v) is 6.08. The number of hydrogen-bond donors (Lipinski definition) is 2. The number of nitrogens with zero attached hydrogens (tertiary/aromatic N) is 1. The molecule has 0 saturated carbocycles. The topological polar surface area (TPSA) is 84.7 Å². The Bertz CT molecular complexity index is 517. The molecule has 0 radical (unpaired) electrons. The molecule has 3 N–H and O–H groups in total. The van der Waals surface area contributed by atoms with Crippen LogP contribution in [0.2, 0.25) is 0 Å². The first-order valence-electron chi connectivity index (χ1n) is 5.95. The molecule has 0 fully saturated rings. The number of ether oxygens (including phenoxy) is 1. The molecule has 108 valence electrons. The molecule has 0 unspecified atom stereocenters. The van der Waals surface area contributed by atoms with Crippen molar-refractivity contribution in [1.82, 2.24) is 4.72 Å². The molecule has 0 atom stereocenters. The van der Waals surface area contributed by atoms with Crippen molar-refractivity contribution in [2.45, 2.75) is 11.3 Å². The quantitative estimate of drug-likeness (QED) is 0.568. The molecule has 0 aromatic heterocycles. The van der Waals surface area contributed by atoms with E-state index in [1.54, 1.807) is 19.2 Å². The summed E-state index contributed by atoms with van der Waals surface area (Å²) < 4.78 is 30.8. The van der Waals surface area contributed by atoms with E-state index in [9.17, 15) is 8.42 Å². The number of nitrogens with two attached hydrogens (primary N) is 1. The summed E-state index contributed by atoms with van der Waals surface area (Å²) in [7, 11) is 1.45. The molecule has 0 spiro atoms. The standard InChI is InChI=1S/C12H21N3O3S/c1-14-19(16,17)10-5-6-11(13)12(9-10)15(2)7-4-8-18-3/h5-6,9,14H,4,7-8,13H2,1-3H3. The van der Waals surface area contributed by atoms with E-state index in [0.717, 1.165) is 13.0 Å². The van der Waals surface area contributed by atoms with Crippen LogP contribution in [0.4, 0.5) is 11.4 Å². The Kier molecular flexibility index (Phi) is 5.59. The average Bonchev–Trinajstić information content (AvgIpc) is 2.39. The van der Waals surface area contributed by atoms with Crippen LogP contribution in [0.3, 0.4) is 0 Å². The van der Waals surface area contributed by atoms with E-state index < -0.39 is 10.0 Å². The van der Waals surface area contributed by atoms with Crippen molar-refractivity contribution in [3.63, 3.8) is 0 Å². The summed E-state index contributed by atoms with van der Waals surface area (Å²) >= 11 is 0. The fraction of sp³-hybridized carbons (Fsp3) is 0.500. The van der Waals surface area contributed by atoms with Gasteiger partial charge in [0, 0.05) is 27.3 Å². The molecule has 0 aliphatic rings. The van der Waals surface area contributed by atoms with Gasteiger partial charge in [-0.15, -0.1) is 0 Å². The Morgan fingerprint density at radius 1 is 1.42 bits per heavy atom. The first-order valence-corrected chi connectivity index (χ1v) is 7.44. The second-order valence-electron chi connectivity index (χ2n) is 4.20. The minimum atomic E-state index is -3.45. The van der Waals surface area contributed by atoms with E-state index >= 15 is 0 Å². The Morgan fingerprint density at radius 2 is 2.11 bits per heavy atom. The maximum absolute atomic E-state index is 11.8. The van der Waals surface area contributed by atoms with Crippen LogP contribution in [0.1, 0.15) is 6.42 Å². The van der Waals surface area contributed by atoms with E-state index in [1.165, 1.54) is 13.1 Å². The second kappa shape index (κ2) is 6.74. The summed E-state index contributed by atoms with van der Waals surface area (Å²) in [4.78, 5) is 2.13. The largest absolute Gasteiger partial charge is 0.397 e. The van der Waals surface area contributed by atoms with Crippen molar-refractivity contribution in [2.75, 3.05) is 45.0 Å². The van der Waals surface area contributed by atoms with Crippen molar-refractivity contribution >= 4 is 21.4 Å². The zero-order chi connectivity index (χ0) is 14.5. The Balaban J connectivity index is 2.97. The molecule has 6 nitrogen and oxygen atoms in total. The van der Waals surface area contributed by atoms with Gasteiger partial charge in [-0.05, 0) is 31.7 Å². The number of methoxy groups -OCH3 is 1. The molecule has 0 saturated heterocycles. The van der Waals surface area contributed by atoms with Crippen LogP contribution in [0.5, 0.6) is 0 Å². The smallest absolute Gasteiger partial charge is 0.240 e. The van der Waals surface area contributed by atoms with Gasteiger partial charge in [0.05, 0.1) is 16.3 Å². The highest BCUT2D eigenvalue weighted by Crippen LogP contribution is 2.25. The average molecular weight is 287 g/mol. The zero-order valence-electron chi connectivity index (χ0n) is 11.5. The lowest BCUT2D eigenvalue weighted by Crippen LogP contribution is -2.23. The SMILES string of the molecule is CNS(=O)(=O)c1ccc(N)c(N(C)CCCOC)c1. The predicted molar refractivity (Wildman–Crippen MR) is 76.9 cm³/mol. The number of nitrogens with one attached hydrogen (secondary N) is 1. The number of hydrogen-bond acceptors (Lipinski definition) is 5. The molecule has 7 heteroatoms. The van der Waals surface area contributed by atoms with Crippen molar-refractivity contribution in [1.29, 1.82) is 0 Å². The molecule has 1 rings (SSSR count). The van der Waals surface area contributed by atoms with Gasteiger partial charge in [-0.2, -0.15) is 0 Å². The van der Waals surface area contributed by atoms with Crippen LogP contribution in [0.15, 0.2) is 23.1 Å². The molecule has 1 aromatic rings. The van der Waals surface area contributed by atoms with Gasteiger partial charge in [0.15, 0.2) is 0 Å². The monoisotopic (exact) mass is 287 g/mol. The number of anilines is 2. The molecule has 0 amide bonds. The Labute approximate surface area is 114 Å². The normalized spacial score (nSPS) is 11.5. The molecule has 0 aliphatic heterocycles. The van der Waals surface area contributed by atoms with Gasteiger partial charge in [-0.1, -0.05) is 0 Å². The number of sulfonamides is 1. The highest BCUT2D eigenvalue weighted by atomic mass is 32.2. The minimum absolute atomic E-state index is 0.206. The van der Waals surface area contributed by atoms with Crippen molar-refractivity contribution in [2.24, 2.45) is 0 Å². The highest BCUT2D eigenvalue weighted by Gasteiger charge is 2.14. The van der Waals surface area contributed by atoms with Crippen LogP contribution >= 0.6 is 0 Å². The summed E-state index contributed by atoms with van der Waals surface area (Å²) in [6.45, 7) is 1.39. The lowest BCUT2D eigenvalue weighted by molar-refractivity contribution is 0.196. The third kappa shape index (κ3) is 4.09. The summed E-state index contributed by atoms with van der Waals surface area (Å²) in [6, 6.07) is 4.67. The molecular formula is C12H21N3O3S. The first kappa shape index (κ1) is 15.7. The highest BCUT2D eigenvalue weighted by molar-refractivity contribution is 7.89. The lowest BCUT2D eigenvalue weighted by atomic mass is 10.2. The Hall–Kier alpha value is -1.31. The van der Waals surface area contributed by atoms with Crippen molar-refractivity contribution < 1.29 is 13.2 Å². The summed E-state index contributed by atoms with van der Waals surface area (Å²) in [5, 5.41) is 0. The first-order chi connectivity index (χ1) is 8.92. The van der Waals surface area contributed by atoms with Crippen LogP contribution < -0.4 is 15.4 Å². The number of nitrogen functional groups attached to an aromatic ring is 1. The van der Waals surface area contributed by atoms with E-state index in [2.05, 4.69) is 4.72 Å².